The zero-order valence-corrected chi connectivity index (χ0v) is 11.3. The maximum absolute atomic E-state index is 12.6. The van der Waals surface area contributed by atoms with Crippen molar-refractivity contribution in [2.45, 2.75) is 31.5 Å². The smallest absolute Gasteiger partial charge is 0.384 e. The first-order chi connectivity index (χ1) is 9.51. The van der Waals surface area contributed by atoms with Crippen LogP contribution in [0.15, 0.2) is 24.3 Å². The number of nitrogens with one attached hydrogen (secondary N) is 1. The second-order valence-corrected chi connectivity index (χ2v) is 5.88. The van der Waals surface area contributed by atoms with Crippen LogP contribution in [0.5, 0.6) is 0 Å². The number of halogens is 3. The van der Waals surface area contributed by atoms with Crippen molar-refractivity contribution in [2.24, 2.45) is 5.92 Å². The zero-order valence-electron chi connectivity index (χ0n) is 11.3. The Bertz CT molecular complexity index is 468. The Morgan fingerprint density at radius 3 is 2.65 bits per heavy atom. The van der Waals surface area contributed by atoms with Gasteiger partial charge < -0.3 is 5.32 Å². The van der Waals surface area contributed by atoms with E-state index in [0.717, 1.165) is 31.5 Å². The number of hydrogen-bond acceptors (Lipinski definition) is 2. The van der Waals surface area contributed by atoms with E-state index in [2.05, 4.69) is 11.4 Å². The summed E-state index contributed by atoms with van der Waals surface area (Å²) in [5.41, 5.74) is 2.34. The number of alkyl halides is 3. The van der Waals surface area contributed by atoms with Crippen LogP contribution in [-0.2, 0) is 6.42 Å². The third kappa shape index (κ3) is 3.45. The number of benzene rings is 1. The Kier molecular flexibility index (Phi) is 3.63. The number of nitrogens with zero attached hydrogens (tertiary/aromatic N) is 1. The van der Waals surface area contributed by atoms with E-state index in [1.807, 2.05) is 18.2 Å². The summed E-state index contributed by atoms with van der Waals surface area (Å²) in [7, 11) is 0. The number of para-hydroxylation sites is 1. The maximum Gasteiger partial charge on any atom is 0.401 e. The van der Waals surface area contributed by atoms with Crippen LogP contribution < -0.4 is 5.32 Å². The van der Waals surface area contributed by atoms with Gasteiger partial charge in [-0.15, -0.1) is 0 Å². The molecule has 1 atom stereocenters. The molecule has 1 aromatic rings. The van der Waals surface area contributed by atoms with Crippen molar-refractivity contribution in [2.75, 3.05) is 25.0 Å². The molecule has 110 valence electrons. The van der Waals surface area contributed by atoms with E-state index in [1.165, 1.54) is 5.56 Å². The predicted molar refractivity (Wildman–Crippen MR) is 72.8 cm³/mol. The lowest BCUT2D eigenvalue weighted by Crippen LogP contribution is -2.42. The zero-order chi connectivity index (χ0) is 14.2. The molecular weight excluding hydrogens is 265 g/mol. The van der Waals surface area contributed by atoms with Crippen molar-refractivity contribution in [3.63, 3.8) is 0 Å². The first-order valence-electron chi connectivity index (χ1n) is 7.14. The quantitative estimate of drug-likeness (QED) is 0.912. The van der Waals surface area contributed by atoms with Crippen LogP contribution in [0, 0.1) is 5.92 Å². The maximum atomic E-state index is 12.6. The summed E-state index contributed by atoms with van der Waals surface area (Å²) in [6, 6.07) is 8.19. The highest BCUT2D eigenvalue weighted by Crippen LogP contribution is 2.32. The minimum Gasteiger partial charge on any atom is -0.384 e. The average molecular weight is 284 g/mol. The number of rotatable bonds is 4. The highest BCUT2D eigenvalue weighted by molar-refractivity contribution is 5.53. The molecule has 3 rings (SSSR count). The van der Waals surface area contributed by atoms with E-state index in [-0.39, 0.29) is 12.0 Å². The first-order valence-corrected chi connectivity index (χ1v) is 7.14. The van der Waals surface area contributed by atoms with E-state index in [4.69, 9.17) is 0 Å². The molecule has 0 saturated heterocycles. The summed E-state index contributed by atoms with van der Waals surface area (Å²) < 4.78 is 37.9. The van der Waals surface area contributed by atoms with Crippen molar-refractivity contribution in [1.29, 1.82) is 0 Å². The summed E-state index contributed by atoms with van der Waals surface area (Å²) in [5, 5.41) is 3.33. The van der Waals surface area contributed by atoms with Gasteiger partial charge in [-0.25, -0.2) is 0 Å². The lowest BCUT2D eigenvalue weighted by Gasteiger charge is -2.32. The molecule has 5 heteroatoms. The van der Waals surface area contributed by atoms with E-state index >= 15 is 0 Å². The summed E-state index contributed by atoms with van der Waals surface area (Å²) in [6.45, 7) is 0.527. The van der Waals surface area contributed by atoms with Crippen LogP contribution in [0.4, 0.5) is 18.9 Å². The summed E-state index contributed by atoms with van der Waals surface area (Å²) >= 11 is 0. The Hall–Kier alpha value is -1.23. The van der Waals surface area contributed by atoms with Gasteiger partial charge in [0.2, 0.25) is 0 Å². The molecule has 1 unspecified atom stereocenters. The minimum atomic E-state index is -4.09. The Morgan fingerprint density at radius 2 is 1.95 bits per heavy atom. The Balaban J connectivity index is 1.62. The molecule has 1 aromatic carbocycles. The molecule has 20 heavy (non-hydrogen) atoms. The molecule has 1 heterocycles. The molecular formula is C15H19F3N2. The van der Waals surface area contributed by atoms with E-state index < -0.39 is 12.7 Å². The average Bonchev–Trinajstić information content (AvgIpc) is 3.20. The second-order valence-electron chi connectivity index (χ2n) is 5.88. The number of hydrogen-bond donors (Lipinski definition) is 1. The van der Waals surface area contributed by atoms with Crippen molar-refractivity contribution in [1.82, 2.24) is 4.90 Å². The lowest BCUT2D eigenvalue weighted by molar-refractivity contribution is -0.148. The van der Waals surface area contributed by atoms with Gasteiger partial charge in [0.1, 0.15) is 0 Å². The number of fused-ring (bicyclic) bond motifs is 1. The fraction of sp³-hybridized carbons (Fsp3) is 0.600. The minimum absolute atomic E-state index is 0.147. The van der Waals surface area contributed by atoms with Gasteiger partial charge in [-0.2, -0.15) is 13.2 Å². The SMILES string of the molecule is FC(F)(F)CN(CC1CNc2ccccc2C1)C1CC1. The lowest BCUT2D eigenvalue weighted by atomic mass is 9.93. The third-order valence-corrected chi connectivity index (χ3v) is 4.05. The van der Waals surface area contributed by atoms with Crippen LogP contribution in [0.2, 0.25) is 0 Å². The molecule has 1 fully saturated rings. The normalized spacial score (nSPS) is 22.5. The van der Waals surface area contributed by atoms with Crippen LogP contribution in [0.3, 0.4) is 0 Å². The molecule has 1 N–H and O–H groups in total. The molecule has 0 spiro atoms. The van der Waals surface area contributed by atoms with E-state index in [0.29, 0.717) is 6.54 Å². The molecule has 0 radical (unpaired) electrons. The highest BCUT2D eigenvalue weighted by atomic mass is 19.4. The van der Waals surface area contributed by atoms with Crippen LogP contribution >= 0.6 is 0 Å². The van der Waals surface area contributed by atoms with Gasteiger partial charge in [-0.3, -0.25) is 4.90 Å². The van der Waals surface area contributed by atoms with E-state index in [9.17, 15) is 13.2 Å². The van der Waals surface area contributed by atoms with Crippen molar-refractivity contribution < 1.29 is 13.2 Å². The van der Waals surface area contributed by atoms with Crippen LogP contribution in [-0.4, -0.2) is 36.8 Å². The molecule has 2 aliphatic rings. The van der Waals surface area contributed by atoms with Gasteiger partial charge >= 0.3 is 6.18 Å². The first kappa shape index (κ1) is 13.7. The van der Waals surface area contributed by atoms with Crippen molar-refractivity contribution >= 4 is 5.69 Å². The summed E-state index contributed by atoms with van der Waals surface area (Å²) in [5.74, 6) is 0.257. The van der Waals surface area contributed by atoms with Gasteiger partial charge in [0, 0.05) is 24.8 Å². The van der Waals surface area contributed by atoms with Gasteiger partial charge in [0.15, 0.2) is 0 Å². The van der Waals surface area contributed by atoms with Gasteiger partial charge in [-0.1, -0.05) is 18.2 Å². The molecule has 2 nitrogen and oxygen atoms in total. The van der Waals surface area contributed by atoms with Crippen molar-refractivity contribution in [3.05, 3.63) is 29.8 Å². The van der Waals surface area contributed by atoms with Crippen LogP contribution in [0.25, 0.3) is 0 Å². The Labute approximate surface area is 117 Å². The molecule has 1 aliphatic carbocycles. The largest absolute Gasteiger partial charge is 0.401 e. The summed E-state index contributed by atoms with van der Waals surface area (Å²) in [4.78, 5) is 1.63. The molecule has 0 bridgehead atoms. The molecule has 1 aliphatic heterocycles. The Morgan fingerprint density at radius 1 is 1.20 bits per heavy atom. The van der Waals surface area contributed by atoms with Gasteiger partial charge in [0.25, 0.3) is 0 Å². The fourth-order valence-corrected chi connectivity index (χ4v) is 2.98. The molecule has 1 saturated carbocycles. The monoisotopic (exact) mass is 284 g/mol. The second kappa shape index (κ2) is 5.28. The van der Waals surface area contributed by atoms with Crippen LogP contribution in [0.1, 0.15) is 18.4 Å². The molecule has 0 aromatic heterocycles. The summed E-state index contributed by atoms with van der Waals surface area (Å²) in [6.07, 6.45) is -1.41. The number of anilines is 1. The van der Waals surface area contributed by atoms with Crippen molar-refractivity contribution in [3.8, 4) is 0 Å². The predicted octanol–water partition coefficient (Wildman–Crippen LogP) is 3.30. The highest BCUT2D eigenvalue weighted by Gasteiger charge is 2.39. The fourth-order valence-electron chi connectivity index (χ4n) is 2.98. The van der Waals surface area contributed by atoms with Gasteiger partial charge in [-0.05, 0) is 36.8 Å². The third-order valence-electron chi connectivity index (χ3n) is 4.05. The standard InChI is InChI=1S/C15H19F3N2/c16-15(17,18)10-20(13-5-6-13)9-11-7-12-3-1-2-4-14(12)19-8-11/h1-4,11,13,19H,5-10H2. The topological polar surface area (TPSA) is 15.3 Å². The molecule has 0 amide bonds. The van der Waals surface area contributed by atoms with Gasteiger partial charge in [0.05, 0.1) is 6.54 Å². The van der Waals surface area contributed by atoms with E-state index in [1.54, 1.807) is 4.90 Å².